The van der Waals surface area contributed by atoms with Crippen LogP contribution < -0.4 is 0 Å². The molecule has 0 radical (unpaired) electrons. The Hall–Kier alpha value is -2.10. The van der Waals surface area contributed by atoms with Crippen LogP contribution in [0.25, 0.3) is 0 Å². The van der Waals surface area contributed by atoms with Gasteiger partial charge in [0.05, 0.1) is 13.0 Å². The van der Waals surface area contributed by atoms with Gasteiger partial charge < -0.3 is 9.84 Å². The molecular weight excluding hydrogens is 232 g/mol. The van der Waals surface area contributed by atoms with E-state index in [4.69, 9.17) is 9.84 Å². The van der Waals surface area contributed by atoms with Gasteiger partial charge in [-0.2, -0.15) is 0 Å². The number of rotatable bonds is 7. The van der Waals surface area contributed by atoms with Gasteiger partial charge in [-0.25, -0.2) is 4.79 Å². The van der Waals surface area contributed by atoms with Crippen LogP contribution >= 0.6 is 0 Å². The summed E-state index contributed by atoms with van der Waals surface area (Å²) in [6, 6.07) is 9.86. The molecule has 0 saturated carbocycles. The molecule has 0 amide bonds. The topological polar surface area (TPSA) is 63.6 Å². The van der Waals surface area contributed by atoms with Gasteiger partial charge in [-0.15, -0.1) is 0 Å². The van der Waals surface area contributed by atoms with Crippen molar-refractivity contribution in [3.05, 3.63) is 48.0 Å². The SMILES string of the molecule is C=C(CC(=O)O)C(=O)OCCCc1ccccc1. The number of carboxylic acid groups (broad SMARTS) is 1. The summed E-state index contributed by atoms with van der Waals surface area (Å²) in [5.41, 5.74) is 1.15. The minimum Gasteiger partial charge on any atom is -0.481 e. The zero-order chi connectivity index (χ0) is 13.4. The van der Waals surface area contributed by atoms with Crippen LogP contribution in [0.15, 0.2) is 42.5 Å². The number of aryl methyl sites for hydroxylation is 1. The van der Waals surface area contributed by atoms with Gasteiger partial charge in [0.15, 0.2) is 0 Å². The summed E-state index contributed by atoms with van der Waals surface area (Å²) in [6.45, 7) is 3.65. The number of carbonyl (C=O) groups is 2. The fourth-order valence-corrected chi connectivity index (χ4v) is 1.44. The van der Waals surface area contributed by atoms with Crippen LogP contribution in [0, 0.1) is 0 Å². The van der Waals surface area contributed by atoms with Crippen molar-refractivity contribution in [2.24, 2.45) is 0 Å². The van der Waals surface area contributed by atoms with Crippen molar-refractivity contribution >= 4 is 11.9 Å². The fourth-order valence-electron chi connectivity index (χ4n) is 1.44. The fraction of sp³-hybridized carbons (Fsp3) is 0.286. The summed E-state index contributed by atoms with van der Waals surface area (Å²) in [6.07, 6.45) is 1.15. The number of carbonyl (C=O) groups excluding carboxylic acids is 1. The number of carboxylic acids is 1. The summed E-state index contributed by atoms with van der Waals surface area (Å²) >= 11 is 0. The van der Waals surface area contributed by atoms with Crippen molar-refractivity contribution in [3.8, 4) is 0 Å². The Bertz CT molecular complexity index is 423. The maximum absolute atomic E-state index is 11.3. The number of aliphatic carboxylic acids is 1. The molecule has 4 heteroatoms. The highest BCUT2D eigenvalue weighted by Gasteiger charge is 2.11. The van der Waals surface area contributed by atoms with E-state index in [0.29, 0.717) is 6.42 Å². The smallest absolute Gasteiger partial charge is 0.333 e. The van der Waals surface area contributed by atoms with E-state index in [1.54, 1.807) is 0 Å². The molecule has 0 unspecified atom stereocenters. The number of benzene rings is 1. The maximum Gasteiger partial charge on any atom is 0.333 e. The number of hydrogen-bond acceptors (Lipinski definition) is 3. The second-order valence-corrected chi connectivity index (χ2v) is 3.90. The summed E-state index contributed by atoms with van der Waals surface area (Å²) in [7, 11) is 0. The van der Waals surface area contributed by atoms with E-state index in [1.807, 2.05) is 30.3 Å². The van der Waals surface area contributed by atoms with Crippen molar-refractivity contribution in [1.29, 1.82) is 0 Å². The van der Waals surface area contributed by atoms with Crippen molar-refractivity contribution in [1.82, 2.24) is 0 Å². The Morgan fingerprint density at radius 2 is 1.89 bits per heavy atom. The van der Waals surface area contributed by atoms with Crippen LogP contribution in [0.5, 0.6) is 0 Å². The molecule has 0 aliphatic carbocycles. The van der Waals surface area contributed by atoms with E-state index in [0.717, 1.165) is 6.42 Å². The van der Waals surface area contributed by atoms with E-state index in [2.05, 4.69) is 6.58 Å². The van der Waals surface area contributed by atoms with Gasteiger partial charge in [0.2, 0.25) is 0 Å². The van der Waals surface area contributed by atoms with E-state index in [9.17, 15) is 9.59 Å². The lowest BCUT2D eigenvalue weighted by molar-refractivity contribution is -0.142. The van der Waals surface area contributed by atoms with E-state index >= 15 is 0 Å². The van der Waals surface area contributed by atoms with Gasteiger partial charge in [0.25, 0.3) is 0 Å². The number of hydrogen-bond donors (Lipinski definition) is 1. The monoisotopic (exact) mass is 248 g/mol. The molecule has 18 heavy (non-hydrogen) atoms. The Kier molecular flexibility index (Phi) is 5.64. The number of ether oxygens (including phenoxy) is 1. The molecule has 96 valence electrons. The van der Waals surface area contributed by atoms with Crippen LogP contribution in [0.2, 0.25) is 0 Å². The highest BCUT2D eigenvalue weighted by Crippen LogP contribution is 2.05. The maximum atomic E-state index is 11.3. The molecule has 1 N–H and O–H groups in total. The van der Waals surface area contributed by atoms with Gasteiger partial charge in [0.1, 0.15) is 0 Å². The molecule has 0 bridgehead atoms. The molecule has 0 spiro atoms. The lowest BCUT2D eigenvalue weighted by atomic mass is 10.1. The van der Waals surface area contributed by atoms with Gasteiger partial charge in [-0.1, -0.05) is 36.9 Å². The average molecular weight is 248 g/mol. The van der Waals surface area contributed by atoms with E-state index in [-0.39, 0.29) is 18.6 Å². The normalized spacial score (nSPS) is 9.78. The molecule has 0 atom stereocenters. The lowest BCUT2D eigenvalue weighted by Crippen LogP contribution is -2.11. The van der Waals surface area contributed by atoms with Crippen LogP contribution in [0.1, 0.15) is 18.4 Å². The first-order chi connectivity index (χ1) is 8.59. The number of esters is 1. The molecule has 0 aliphatic rings. The van der Waals surface area contributed by atoms with Gasteiger partial charge in [-0.3, -0.25) is 4.79 Å². The molecule has 4 nitrogen and oxygen atoms in total. The molecule has 0 saturated heterocycles. The van der Waals surface area contributed by atoms with Gasteiger partial charge in [-0.05, 0) is 18.4 Å². The van der Waals surface area contributed by atoms with Crippen LogP contribution in [-0.2, 0) is 20.7 Å². The molecule has 0 aliphatic heterocycles. The predicted molar refractivity (Wildman–Crippen MR) is 67.1 cm³/mol. The highest BCUT2D eigenvalue weighted by atomic mass is 16.5. The third-order valence-corrected chi connectivity index (χ3v) is 2.34. The Balaban J connectivity index is 2.20. The zero-order valence-electron chi connectivity index (χ0n) is 10.1. The van der Waals surface area contributed by atoms with Crippen LogP contribution in [-0.4, -0.2) is 23.7 Å². The molecule has 0 aromatic heterocycles. The van der Waals surface area contributed by atoms with Gasteiger partial charge in [0, 0.05) is 5.57 Å². The molecule has 1 rings (SSSR count). The van der Waals surface area contributed by atoms with Crippen molar-refractivity contribution in [2.75, 3.05) is 6.61 Å². The van der Waals surface area contributed by atoms with Crippen molar-refractivity contribution in [2.45, 2.75) is 19.3 Å². The predicted octanol–water partition coefficient (Wildman–Crippen LogP) is 2.19. The zero-order valence-corrected chi connectivity index (χ0v) is 10.1. The third-order valence-electron chi connectivity index (χ3n) is 2.34. The first-order valence-electron chi connectivity index (χ1n) is 5.70. The first kappa shape index (κ1) is 14.0. The quantitative estimate of drug-likeness (QED) is 0.456. The van der Waals surface area contributed by atoms with Crippen molar-refractivity contribution < 1.29 is 19.4 Å². The molecule has 1 aromatic carbocycles. The van der Waals surface area contributed by atoms with E-state index in [1.165, 1.54) is 5.56 Å². The van der Waals surface area contributed by atoms with Gasteiger partial charge >= 0.3 is 11.9 Å². The third kappa shape index (κ3) is 5.30. The van der Waals surface area contributed by atoms with E-state index < -0.39 is 11.9 Å². The summed E-state index contributed by atoms with van der Waals surface area (Å²) in [5, 5.41) is 8.48. The summed E-state index contributed by atoms with van der Waals surface area (Å²) in [4.78, 5) is 21.7. The first-order valence-corrected chi connectivity index (χ1v) is 5.70. The standard InChI is InChI=1S/C14H16O4/c1-11(10-13(15)16)14(17)18-9-5-8-12-6-3-2-4-7-12/h2-4,6-7H,1,5,8-10H2,(H,15,16). The Morgan fingerprint density at radius 3 is 2.50 bits per heavy atom. The van der Waals surface area contributed by atoms with Crippen molar-refractivity contribution in [3.63, 3.8) is 0 Å². The lowest BCUT2D eigenvalue weighted by Gasteiger charge is -2.05. The Morgan fingerprint density at radius 1 is 1.22 bits per heavy atom. The summed E-state index contributed by atoms with van der Waals surface area (Å²) in [5.74, 6) is -1.72. The minimum absolute atomic E-state index is 0.0257. The molecule has 0 fully saturated rings. The largest absolute Gasteiger partial charge is 0.481 e. The molecule has 0 heterocycles. The minimum atomic E-state index is -1.08. The average Bonchev–Trinajstić information content (AvgIpc) is 2.34. The molecule has 1 aromatic rings. The summed E-state index contributed by atoms with van der Waals surface area (Å²) < 4.78 is 4.92. The molecular formula is C14H16O4. The second kappa shape index (κ2) is 7.27. The van der Waals surface area contributed by atoms with Crippen LogP contribution in [0.4, 0.5) is 0 Å². The van der Waals surface area contributed by atoms with Crippen LogP contribution in [0.3, 0.4) is 0 Å². The second-order valence-electron chi connectivity index (χ2n) is 3.90. The Labute approximate surface area is 106 Å². The highest BCUT2D eigenvalue weighted by molar-refractivity contribution is 5.92.